The summed E-state index contributed by atoms with van der Waals surface area (Å²) in [4.78, 5) is 0. The first kappa shape index (κ1) is 20.6. The van der Waals surface area contributed by atoms with Crippen LogP contribution in [0.3, 0.4) is 0 Å². The second-order valence-electron chi connectivity index (χ2n) is 5.48. The lowest BCUT2D eigenvalue weighted by molar-refractivity contribution is -0.147. The van der Waals surface area contributed by atoms with Crippen LogP contribution in [0.15, 0.2) is 0 Å². The van der Waals surface area contributed by atoms with E-state index in [1.807, 2.05) is 0 Å². The SMILES string of the molecule is CCCCOC(CCCCCCCCI)OCCCC. The number of hydrogen-bond acceptors (Lipinski definition) is 2. The van der Waals surface area contributed by atoms with Crippen LogP contribution >= 0.6 is 22.6 Å². The van der Waals surface area contributed by atoms with Crippen LogP contribution in [-0.2, 0) is 9.47 Å². The van der Waals surface area contributed by atoms with Gasteiger partial charge in [-0.2, -0.15) is 0 Å². The number of alkyl halides is 1. The summed E-state index contributed by atoms with van der Waals surface area (Å²) in [6.45, 7) is 6.10. The van der Waals surface area contributed by atoms with Crippen LogP contribution < -0.4 is 0 Å². The lowest BCUT2D eigenvalue weighted by atomic mass is 10.1. The van der Waals surface area contributed by atoms with E-state index in [1.165, 1.54) is 55.8 Å². The highest BCUT2D eigenvalue weighted by molar-refractivity contribution is 14.1. The maximum atomic E-state index is 5.85. The molecule has 0 aromatic heterocycles. The number of hydrogen-bond donors (Lipinski definition) is 0. The molecule has 20 heavy (non-hydrogen) atoms. The Labute approximate surface area is 140 Å². The summed E-state index contributed by atoms with van der Waals surface area (Å²) < 4.78 is 13.0. The zero-order valence-electron chi connectivity index (χ0n) is 13.7. The second kappa shape index (κ2) is 17.7. The number of rotatable bonds is 16. The highest BCUT2D eigenvalue weighted by atomic mass is 127. The molecule has 0 heterocycles. The molecule has 0 aliphatic heterocycles. The molecule has 0 unspecified atom stereocenters. The molecule has 0 aliphatic rings. The van der Waals surface area contributed by atoms with Crippen LogP contribution in [0, 0.1) is 0 Å². The zero-order valence-corrected chi connectivity index (χ0v) is 15.8. The van der Waals surface area contributed by atoms with Crippen LogP contribution in [0.25, 0.3) is 0 Å². The van der Waals surface area contributed by atoms with Crippen LogP contribution in [0.2, 0.25) is 0 Å². The van der Waals surface area contributed by atoms with Gasteiger partial charge >= 0.3 is 0 Å². The average molecular weight is 398 g/mol. The fourth-order valence-electron chi connectivity index (χ4n) is 2.05. The first-order valence-corrected chi connectivity index (χ1v) is 10.2. The van der Waals surface area contributed by atoms with Crippen LogP contribution in [0.5, 0.6) is 0 Å². The molecule has 0 fully saturated rings. The summed E-state index contributed by atoms with van der Waals surface area (Å²) in [5.41, 5.74) is 0. The zero-order chi connectivity index (χ0) is 14.9. The molecule has 0 saturated heterocycles. The lowest BCUT2D eigenvalue weighted by Gasteiger charge is -2.18. The van der Waals surface area contributed by atoms with E-state index in [0.29, 0.717) is 0 Å². The number of halogens is 1. The standard InChI is InChI=1S/C17H35IO2/c1-3-5-15-19-17(20-16-6-4-2)13-11-9-7-8-10-12-14-18/h17H,3-16H2,1-2H3. The van der Waals surface area contributed by atoms with Crippen molar-refractivity contribution < 1.29 is 9.47 Å². The fourth-order valence-corrected chi connectivity index (χ4v) is 2.58. The van der Waals surface area contributed by atoms with Gasteiger partial charge in [0.05, 0.1) is 0 Å². The van der Waals surface area contributed by atoms with E-state index in [4.69, 9.17) is 9.47 Å². The maximum Gasteiger partial charge on any atom is 0.157 e. The van der Waals surface area contributed by atoms with Crippen molar-refractivity contribution in [1.82, 2.24) is 0 Å². The van der Waals surface area contributed by atoms with Gasteiger partial charge in [-0.05, 0) is 36.5 Å². The molecule has 0 N–H and O–H groups in total. The van der Waals surface area contributed by atoms with Gasteiger partial charge in [0.25, 0.3) is 0 Å². The smallest absolute Gasteiger partial charge is 0.157 e. The summed E-state index contributed by atoms with van der Waals surface area (Å²) in [6.07, 6.45) is 13.9. The maximum absolute atomic E-state index is 5.85. The first-order chi connectivity index (χ1) is 9.85. The topological polar surface area (TPSA) is 18.5 Å². The molecule has 0 aromatic carbocycles. The summed E-state index contributed by atoms with van der Waals surface area (Å²) in [6, 6.07) is 0. The van der Waals surface area contributed by atoms with Crippen molar-refractivity contribution in [3.63, 3.8) is 0 Å². The van der Waals surface area contributed by atoms with Gasteiger partial charge in [-0.3, -0.25) is 0 Å². The van der Waals surface area contributed by atoms with Crippen molar-refractivity contribution in [2.45, 2.75) is 90.8 Å². The lowest BCUT2D eigenvalue weighted by Crippen LogP contribution is -2.18. The van der Waals surface area contributed by atoms with Gasteiger partial charge in [-0.1, -0.05) is 75.0 Å². The minimum absolute atomic E-state index is 0.0439. The molecule has 0 radical (unpaired) electrons. The monoisotopic (exact) mass is 398 g/mol. The molecule has 0 rings (SSSR count). The Kier molecular flexibility index (Phi) is 18.3. The van der Waals surface area contributed by atoms with Crippen LogP contribution in [-0.4, -0.2) is 23.9 Å². The molecule has 0 atom stereocenters. The molecule has 3 heteroatoms. The van der Waals surface area contributed by atoms with E-state index in [1.54, 1.807) is 0 Å². The van der Waals surface area contributed by atoms with Crippen molar-refractivity contribution in [1.29, 1.82) is 0 Å². The molecule has 122 valence electrons. The number of ether oxygens (including phenoxy) is 2. The van der Waals surface area contributed by atoms with E-state index in [-0.39, 0.29) is 6.29 Å². The third-order valence-electron chi connectivity index (χ3n) is 3.43. The van der Waals surface area contributed by atoms with E-state index >= 15 is 0 Å². The van der Waals surface area contributed by atoms with Crippen LogP contribution in [0.4, 0.5) is 0 Å². The van der Waals surface area contributed by atoms with Gasteiger partial charge in [0.15, 0.2) is 6.29 Å². The van der Waals surface area contributed by atoms with Gasteiger partial charge in [0, 0.05) is 13.2 Å². The Hall–Kier alpha value is 0.650. The van der Waals surface area contributed by atoms with Crippen molar-refractivity contribution in [3.05, 3.63) is 0 Å². The van der Waals surface area contributed by atoms with Crippen molar-refractivity contribution >= 4 is 22.6 Å². The van der Waals surface area contributed by atoms with E-state index < -0.39 is 0 Å². The van der Waals surface area contributed by atoms with Gasteiger partial charge in [-0.15, -0.1) is 0 Å². The largest absolute Gasteiger partial charge is 0.353 e. The molecular formula is C17H35IO2. The molecular weight excluding hydrogens is 363 g/mol. The average Bonchev–Trinajstić information content (AvgIpc) is 2.46. The Morgan fingerprint density at radius 2 is 1.20 bits per heavy atom. The van der Waals surface area contributed by atoms with Gasteiger partial charge in [0.2, 0.25) is 0 Å². The third-order valence-corrected chi connectivity index (χ3v) is 4.19. The molecule has 0 aromatic rings. The third kappa shape index (κ3) is 15.0. The summed E-state index contributed by atoms with van der Waals surface area (Å²) >= 11 is 2.46. The van der Waals surface area contributed by atoms with Gasteiger partial charge < -0.3 is 9.47 Å². The minimum Gasteiger partial charge on any atom is -0.353 e. The quantitative estimate of drug-likeness (QED) is 0.135. The van der Waals surface area contributed by atoms with Crippen molar-refractivity contribution in [3.8, 4) is 0 Å². The Morgan fingerprint density at radius 1 is 0.700 bits per heavy atom. The molecule has 0 bridgehead atoms. The highest BCUT2D eigenvalue weighted by Crippen LogP contribution is 2.13. The predicted octanol–water partition coefficient (Wildman–Crippen LogP) is 6.11. The van der Waals surface area contributed by atoms with Gasteiger partial charge in [-0.25, -0.2) is 0 Å². The minimum atomic E-state index is 0.0439. The van der Waals surface area contributed by atoms with Crippen LogP contribution in [0.1, 0.15) is 84.5 Å². The molecule has 0 saturated carbocycles. The summed E-state index contributed by atoms with van der Waals surface area (Å²) in [5.74, 6) is 0. The Morgan fingerprint density at radius 3 is 1.70 bits per heavy atom. The molecule has 2 nitrogen and oxygen atoms in total. The summed E-state index contributed by atoms with van der Waals surface area (Å²) in [5, 5.41) is 0. The second-order valence-corrected chi connectivity index (χ2v) is 6.56. The van der Waals surface area contributed by atoms with E-state index in [0.717, 1.165) is 32.5 Å². The van der Waals surface area contributed by atoms with E-state index in [9.17, 15) is 0 Å². The van der Waals surface area contributed by atoms with Gasteiger partial charge in [0.1, 0.15) is 0 Å². The van der Waals surface area contributed by atoms with Crippen molar-refractivity contribution in [2.24, 2.45) is 0 Å². The number of unbranched alkanes of at least 4 members (excludes halogenated alkanes) is 7. The van der Waals surface area contributed by atoms with E-state index in [2.05, 4.69) is 36.4 Å². The molecule has 0 aliphatic carbocycles. The first-order valence-electron chi connectivity index (χ1n) is 8.64. The normalized spacial score (nSPS) is 11.4. The fraction of sp³-hybridized carbons (Fsp3) is 1.00. The Bertz CT molecular complexity index is 166. The van der Waals surface area contributed by atoms with Crippen molar-refractivity contribution in [2.75, 3.05) is 17.6 Å². The molecule has 0 amide bonds. The Balaban J connectivity index is 3.56. The highest BCUT2D eigenvalue weighted by Gasteiger charge is 2.08. The molecule has 0 spiro atoms. The summed E-state index contributed by atoms with van der Waals surface area (Å²) in [7, 11) is 0. The predicted molar refractivity (Wildman–Crippen MR) is 96.7 cm³/mol.